The number of carboxylic acid groups (broad SMARTS) is 1. The van der Waals surface area contributed by atoms with E-state index < -0.39 is 30.8 Å². The Morgan fingerprint density at radius 3 is 2.38 bits per heavy atom. The highest BCUT2D eigenvalue weighted by Crippen LogP contribution is 2.40. The highest BCUT2D eigenvalue weighted by molar-refractivity contribution is 8.00. The summed E-state index contributed by atoms with van der Waals surface area (Å²) in [6.45, 7) is 3.18. The van der Waals surface area contributed by atoms with Crippen molar-refractivity contribution in [2.75, 3.05) is 19.4 Å². The van der Waals surface area contributed by atoms with Crippen LogP contribution in [0.5, 0.6) is 5.75 Å². The number of quaternary nitrogens is 1. The van der Waals surface area contributed by atoms with Gasteiger partial charge < -0.3 is 9.84 Å². The van der Waals surface area contributed by atoms with Crippen molar-refractivity contribution in [1.82, 2.24) is 0 Å². The zero-order valence-corrected chi connectivity index (χ0v) is 16.8. The van der Waals surface area contributed by atoms with Crippen molar-refractivity contribution in [1.29, 1.82) is 0 Å². The molecular weight excluding hydrogens is 378 g/mol. The number of nitrogens with zero attached hydrogens (tertiary/aromatic N) is 1. The molecular formula is C17H26NO6S2+. The van der Waals surface area contributed by atoms with E-state index in [-0.39, 0.29) is 11.4 Å². The van der Waals surface area contributed by atoms with Crippen molar-refractivity contribution in [2.24, 2.45) is 0 Å². The highest BCUT2D eigenvalue weighted by Gasteiger charge is 2.59. The van der Waals surface area contributed by atoms with Crippen LogP contribution in [0.3, 0.4) is 0 Å². The largest absolute Gasteiger partial charge is 0.497 e. The Morgan fingerprint density at radius 1 is 1.23 bits per heavy atom. The summed E-state index contributed by atoms with van der Waals surface area (Å²) in [6.07, 6.45) is 2.00. The molecule has 1 unspecified atom stereocenters. The van der Waals surface area contributed by atoms with Crippen molar-refractivity contribution >= 4 is 27.8 Å². The number of hydroxylamine groups is 2. The van der Waals surface area contributed by atoms with Crippen LogP contribution in [0.4, 0.5) is 0 Å². The number of carboxylic acids is 1. The maximum Gasteiger partial charge on any atom is 0.368 e. The monoisotopic (exact) mass is 404 g/mol. The third kappa shape index (κ3) is 3.85. The van der Waals surface area contributed by atoms with Gasteiger partial charge in [-0.15, -0.1) is 11.8 Å². The van der Waals surface area contributed by atoms with E-state index in [4.69, 9.17) is 4.74 Å². The van der Waals surface area contributed by atoms with Gasteiger partial charge in [0.1, 0.15) is 17.2 Å². The predicted molar refractivity (Wildman–Crippen MR) is 98.9 cm³/mol. The molecule has 0 radical (unpaired) electrons. The normalized spacial score (nSPS) is 27.0. The van der Waals surface area contributed by atoms with Gasteiger partial charge in [0.2, 0.25) is 6.04 Å². The molecule has 1 aromatic carbocycles. The third-order valence-corrected chi connectivity index (χ3v) is 8.22. The zero-order valence-electron chi connectivity index (χ0n) is 15.2. The van der Waals surface area contributed by atoms with E-state index >= 15 is 0 Å². The fraction of sp³-hybridized carbons (Fsp3) is 0.588. The van der Waals surface area contributed by atoms with Gasteiger partial charge in [-0.1, -0.05) is 4.05 Å². The molecule has 1 saturated heterocycles. The van der Waals surface area contributed by atoms with Crippen LogP contribution in [-0.2, 0) is 14.8 Å². The Kier molecular flexibility index (Phi) is 6.27. The molecule has 1 fully saturated rings. The molecule has 2 atom stereocenters. The maximum absolute atomic E-state index is 13.3. The van der Waals surface area contributed by atoms with Crippen molar-refractivity contribution < 1.29 is 32.3 Å². The highest BCUT2D eigenvalue weighted by atomic mass is 32.2. The number of methoxy groups -OCH3 is 1. The number of sulfonamides is 1. The standard InChI is InChI=1S/C17H25NO6S2/c1-17(2)15(16(19)20)18(21,11-5-4-6-12-25-17)26(22,23)14-9-7-13(24-3)8-10-14/h7-10,15,21H,4-6,11-12H2,1-3H3/p+1/t15-,18?/m0/s1. The second kappa shape index (κ2) is 7.75. The Balaban J connectivity index is 2.61. The Bertz CT molecular complexity index is 747. The summed E-state index contributed by atoms with van der Waals surface area (Å²) >= 11 is 1.38. The fourth-order valence-electron chi connectivity index (χ4n) is 3.31. The van der Waals surface area contributed by atoms with E-state index in [1.807, 2.05) is 0 Å². The maximum atomic E-state index is 13.3. The molecule has 1 aliphatic rings. The number of benzene rings is 1. The van der Waals surface area contributed by atoms with Crippen LogP contribution in [-0.4, -0.2) is 58.9 Å². The third-order valence-electron chi connectivity index (χ3n) is 4.67. The molecule has 146 valence electrons. The molecule has 1 heterocycles. The van der Waals surface area contributed by atoms with Crippen LogP contribution in [0.15, 0.2) is 29.2 Å². The van der Waals surface area contributed by atoms with Crippen LogP contribution in [0.25, 0.3) is 0 Å². The van der Waals surface area contributed by atoms with E-state index in [0.717, 1.165) is 18.6 Å². The van der Waals surface area contributed by atoms with Gasteiger partial charge in [-0.3, -0.25) is 0 Å². The van der Waals surface area contributed by atoms with Gasteiger partial charge >= 0.3 is 16.0 Å². The van der Waals surface area contributed by atoms with E-state index in [9.17, 15) is 23.5 Å². The lowest BCUT2D eigenvalue weighted by Crippen LogP contribution is -2.66. The Labute approximate surface area is 158 Å². The number of rotatable bonds is 4. The van der Waals surface area contributed by atoms with Gasteiger partial charge in [-0.2, -0.15) is 13.6 Å². The molecule has 0 saturated carbocycles. The van der Waals surface area contributed by atoms with Gasteiger partial charge in [0, 0.05) is 6.42 Å². The van der Waals surface area contributed by atoms with Gasteiger partial charge in [-0.05, 0) is 56.7 Å². The van der Waals surface area contributed by atoms with Crippen LogP contribution >= 0.6 is 11.8 Å². The predicted octanol–water partition coefficient (Wildman–Crippen LogP) is 2.74. The average molecular weight is 405 g/mol. The summed E-state index contributed by atoms with van der Waals surface area (Å²) in [5, 5.41) is 21.1. The minimum atomic E-state index is -4.36. The van der Waals surface area contributed by atoms with Gasteiger partial charge in [0.15, 0.2) is 0 Å². The Hall–Kier alpha value is -1.29. The smallest absolute Gasteiger partial charge is 0.368 e. The van der Waals surface area contributed by atoms with Crippen molar-refractivity contribution in [2.45, 2.75) is 48.8 Å². The number of ether oxygens (including phenoxy) is 1. The second-order valence-corrected chi connectivity index (χ2v) is 10.7. The molecule has 0 bridgehead atoms. The van der Waals surface area contributed by atoms with Crippen molar-refractivity contribution in [3.63, 3.8) is 0 Å². The second-order valence-electron chi connectivity index (χ2n) is 6.88. The SMILES string of the molecule is COc1ccc(S(=O)(=O)[N+]2(O)CCCCCSC(C)(C)[C@@H]2C(=O)O)cc1. The summed E-state index contributed by atoms with van der Waals surface area (Å²) < 4.78 is 29.1. The first-order valence-electron chi connectivity index (χ1n) is 8.43. The first kappa shape index (κ1) is 21.0. The first-order valence-corrected chi connectivity index (χ1v) is 10.9. The summed E-state index contributed by atoms with van der Waals surface area (Å²) in [6, 6.07) is 4.10. The molecule has 0 aliphatic carbocycles. The quantitative estimate of drug-likeness (QED) is 0.744. The van der Waals surface area contributed by atoms with Gasteiger partial charge in [-0.25, -0.2) is 4.79 Å². The molecule has 0 spiro atoms. The number of hydrogen-bond donors (Lipinski definition) is 2. The molecule has 7 nitrogen and oxygen atoms in total. The number of hydrogen-bond acceptors (Lipinski definition) is 6. The van der Waals surface area contributed by atoms with Crippen LogP contribution in [0.1, 0.15) is 33.1 Å². The van der Waals surface area contributed by atoms with Crippen LogP contribution in [0.2, 0.25) is 0 Å². The average Bonchev–Trinajstić information content (AvgIpc) is 2.62. The number of aliphatic carboxylic acids is 1. The molecule has 0 aromatic heterocycles. The summed E-state index contributed by atoms with van der Waals surface area (Å²) in [7, 11) is -2.90. The minimum Gasteiger partial charge on any atom is -0.497 e. The number of carbonyl (C=O) groups is 1. The van der Waals surface area contributed by atoms with E-state index in [1.54, 1.807) is 13.8 Å². The van der Waals surface area contributed by atoms with Crippen molar-refractivity contribution in [3.8, 4) is 5.75 Å². The van der Waals surface area contributed by atoms with E-state index in [1.165, 1.54) is 43.1 Å². The number of thioether (sulfide) groups is 1. The molecule has 2 rings (SSSR count). The zero-order chi connectivity index (χ0) is 19.6. The van der Waals surface area contributed by atoms with Gasteiger partial charge in [0.25, 0.3) is 0 Å². The fourth-order valence-corrected chi connectivity index (χ4v) is 6.53. The molecule has 0 amide bonds. The van der Waals surface area contributed by atoms with Gasteiger partial charge in [0.05, 0.1) is 11.9 Å². The molecule has 1 aromatic rings. The lowest BCUT2D eigenvalue weighted by molar-refractivity contribution is -1.02. The van der Waals surface area contributed by atoms with Crippen molar-refractivity contribution in [3.05, 3.63) is 24.3 Å². The summed E-state index contributed by atoms with van der Waals surface area (Å²) in [5.41, 5.74) is 0. The van der Waals surface area contributed by atoms with Crippen LogP contribution in [0, 0.1) is 0 Å². The lowest BCUT2D eigenvalue weighted by Gasteiger charge is -2.40. The minimum absolute atomic E-state index is 0.132. The van der Waals surface area contributed by atoms with Crippen LogP contribution < -0.4 is 4.74 Å². The molecule has 1 aliphatic heterocycles. The summed E-state index contributed by atoms with van der Waals surface area (Å²) in [4.78, 5) is 11.9. The lowest BCUT2D eigenvalue weighted by atomic mass is 10.0. The Morgan fingerprint density at radius 2 is 1.85 bits per heavy atom. The first-order chi connectivity index (χ1) is 12.1. The van der Waals surface area contributed by atoms with E-state index in [2.05, 4.69) is 0 Å². The molecule has 9 heteroatoms. The molecule has 2 N–H and O–H groups in total. The summed E-state index contributed by atoms with van der Waals surface area (Å²) in [5.74, 6) is -0.133. The topological polar surface area (TPSA) is 101 Å². The van der Waals surface area contributed by atoms with E-state index in [0.29, 0.717) is 12.2 Å². The molecule has 26 heavy (non-hydrogen) atoms.